The Kier molecular flexibility index (Phi) is 3.57. The highest BCUT2D eigenvalue weighted by molar-refractivity contribution is 6.08. The molecule has 0 saturated carbocycles. The van der Waals surface area contributed by atoms with Crippen molar-refractivity contribution in [3.05, 3.63) is 70.8 Å². The Labute approximate surface area is 147 Å². The Morgan fingerprint density at radius 2 is 1.85 bits per heavy atom. The molecule has 2 aromatic carbocycles. The lowest BCUT2D eigenvalue weighted by Gasteiger charge is -2.22. The monoisotopic (exact) mass is 360 g/mol. The molecule has 7 heteroatoms. The number of benzene rings is 2. The minimum atomic E-state index is -4.47. The van der Waals surface area contributed by atoms with Crippen LogP contribution in [0.5, 0.6) is 0 Å². The fourth-order valence-electron chi connectivity index (χ4n) is 3.76. The number of rotatable bonds is 2. The lowest BCUT2D eigenvalue weighted by Crippen LogP contribution is -2.41. The van der Waals surface area contributed by atoms with Crippen molar-refractivity contribution < 1.29 is 22.8 Å². The van der Waals surface area contributed by atoms with Crippen LogP contribution >= 0.6 is 0 Å². The molecule has 2 aromatic rings. The molecule has 0 unspecified atom stereocenters. The van der Waals surface area contributed by atoms with Crippen molar-refractivity contribution in [2.24, 2.45) is 0 Å². The Morgan fingerprint density at radius 1 is 1.08 bits per heavy atom. The molecule has 1 N–H and O–H groups in total. The number of carbonyl (C=O) groups excluding carboxylic acids is 2. The summed E-state index contributed by atoms with van der Waals surface area (Å²) in [4.78, 5) is 26.4. The maximum Gasteiger partial charge on any atom is 0.416 e. The zero-order chi connectivity index (χ0) is 18.5. The molecule has 26 heavy (non-hydrogen) atoms. The fourth-order valence-corrected chi connectivity index (χ4v) is 3.76. The van der Waals surface area contributed by atoms with Crippen LogP contribution in [-0.4, -0.2) is 16.8 Å². The average Bonchev–Trinajstić information content (AvgIpc) is 3.09. The molecule has 2 aliphatic rings. The van der Waals surface area contributed by atoms with Gasteiger partial charge in [0.1, 0.15) is 5.54 Å². The van der Waals surface area contributed by atoms with Crippen molar-refractivity contribution in [1.82, 2.24) is 10.2 Å². The van der Waals surface area contributed by atoms with E-state index in [1.165, 1.54) is 12.1 Å². The first-order valence-electron chi connectivity index (χ1n) is 8.20. The van der Waals surface area contributed by atoms with Crippen molar-refractivity contribution in [1.29, 1.82) is 0 Å². The number of amides is 3. The van der Waals surface area contributed by atoms with Crippen molar-refractivity contribution in [2.45, 2.75) is 31.1 Å². The van der Waals surface area contributed by atoms with Crippen LogP contribution in [-0.2, 0) is 29.5 Å². The van der Waals surface area contributed by atoms with Gasteiger partial charge in [-0.3, -0.25) is 9.69 Å². The lowest BCUT2D eigenvalue weighted by atomic mass is 9.92. The van der Waals surface area contributed by atoms with E-state index in [0.717, 1.165) is 28.2 Å². The molecule has 4 rings (SSSR count). The molecule has 0 bridgehead atoms. The van der Waals surface area contributed by atoms with Crippen LogP contribution in [0, 0.1) is 0 Å². The second kappa shape index (κ2) is 5.59. The van der Waals surface area contributed by atoms with Crippen LogP contribution in [0.25, 0.3) is 0 Å². The molecule has 3 amide bonds. The Balaban J connectivity index is 1.64. The second-order valence-corrected chi connectivity index (χ2v) is 6.58. The van der Waals surface area contributed by atoms with E-state index in [4.69, 9.17) is 0 Å². The van der Waals surface area contributed by atoms with Crippen molar-refractivity contribution in [2.75, 3.05) is 0 Å². The Bertz CT molecular complexity index is 910. The van der Waals surface area contributed by atoms with Crippen LogP contribution in [0.1, 0.15) is 28.7 Å². The molecular weight excluding hydrogens is 345 g/mol. The normalized spacial score (nSPS) is 22.0. The first-order chi connectivity index (χ1) is 12.3. The van der Waals surface area contributed by atoms with Gasteiger partial charge in [-0.2, -0.15) is 13.2 Å². The lowest BCUT2D eigenvalue weighted by molar-refractivity contribution is -0.137. The molecule has 0 radical (unpaired) electrons. The van der Waals surface area contributed by atoms with Gasteiger partial charge in [-0.05, 0) is 41.7 Å². The van der Waals surface area contributed by atoms with Gasteiger partial charge in [0.2, 0.25) is 0 Å². The van der Waals surface area contributed by atoms with Crippen molar-refractivity contribution >= 4 is 11.9 Å². The highest BCUT2D eigenvalue weighted by Crippen LogP contribution is 2.41. The average molecular weight is 360 g/mol. The van der Waals surface area contributed by atoms with Gasteiger partial charge in [0.15, 0.2) is 0 Å². The summed E-state index contributed by atoms with van der Waals surface area (Å²) in [6.07, 6.45) is -3.35. The number of urea groups is 1. The highest BCUT2D eigenvalue weighted by Gasteiger charge is 2.55. The number of fused-ring (bicyclic) bond motifs is 2. The second-order valence-electron chi connectivity index (χ2n) is 6.58. The number of carbonyl (C=O) groups is 2. The van der Waals surface area contributed by atoms with E-state index in [1.54, 1.807) is 6.07 Å². The molecule has 1 aliphatic heterocycles. The van der Waals surface area contributed by atoms with Crippen LogP contribution in [0.4, 0.5) is 18.0 Å². The quantitative estimate of drug-likeness (QED) is 0.832. The number of halogens is 3. The minimum Gasteiger partial charge on any atom is -0.319 e. The maximum absolute atomic E-state index is 13.0. The molecule has 134 valence electrons. The molecule has 1 heterocycles. The van der Waals surface area contributed by atoms with Crippen LogP contribution in [0.15, 0.2) is 48.5 Å². The number of alkyl halides is 3. The third kappa shape index (κ3) is 2.46. The van der Waals surface area contributed by atoms with E-state index in [1.807, 2.05) is 18.2 Å². The number of nitrogens with one attached hydrogen (secondary N) is 1. The summed E-state index contributed by atoms with van der Waals surface area (Å²) >= 11 is 0. The van der Waals surface area contributed by atoms with Crippen molar-refractivity contribution in [3.8, 4) is 0 Å². The topological polar surface area (TPSA) is 49.4 Å². The summed E-state index contributed by atoms with van der Waals surface area (Å²) < 4.78 is 38.6. The zero-order valence-corrected chi connectivity index (χ0v) is 13.6. The van der Waals surface area contributed by atoms with E-state index in [0.29, 0.717) is 12.8 Å². The molecule has 1 atom stereocenters. The number of nitrogens with zero attached hydrogens (tertiary/aromatic N) is 1. The summed E-state index contributed by atoms with van der Waals surface area (Å²) in [7, 11) is 0. The van der Waals surface area contributed by atoms with Gasteiger partial charge in [0.25, 0.3) is 5.91 Å². The molecule has 4 nitrogen and oxygen atoms in total. The van der Waals surface area contributed by atoms with E-state index in [9.17, 15) is 22.8 Å². The highest BCUT2D eigenvalue weighted by atomic mass is 19.4. The Morgan fingerprint density at radius 3 is 2.62 bits per heavy atom. The van der Waals surface area contributed by atoms with Gasteiger partial charge in [0.05, 0.1) is 12.1 Å². The van der Waals surface area contributed by atoms with E-state index in [-0.39, 0.29) is 12.1 Å². The van der Waals surface area contributed by atoms with E-state index >= 15 is 0 Å². The minimum absolute atomic E-state index is 0.196. The first-order valence-corrected chi connectivity index (χ1v) is 8.20. The number of hydrogen-bond acceptors (Lipinski definition) is 2. The van der Waals surface area contributed by atoms with Crippen LogP contribution in [0.3, 0.4) is 0 Å². The molecule has 1 saturated heterocycles. The van der Waals surface area contributed by atoms with E-state index < -0.39 is 29.2 Å². The first kappa shape index (κ1) is 16.6. The van der Waals surface area contributed by atoms with Crippen LogP contribution in [0.2, 0.25) is 0 Å². The predicted molar refractivity (Wildman–Crippen MR) is 87.0 cm³/mol. The van der Waals surface area contributed by atoms with Gasteiger partial charge in [-0.1, -0.05) is 36.4 Å². The SMILES string of the molecule is O=C1N[C@@]2(CCc3ccccc32)C(=O)N1Cc1cccc(C(F)(F)F)c1. The summed E-state index contributed by atoms with van der Waals surface area (Å²) in [6.45, 7) is -0.196. The number of aryl methyl sites for hydroxylation is 1. The summed E-state index contributed by atoms with van der Waals surface area (Å²) in [5.74, 6) is -0.412. The summed E-state index contributed by atoms with van der Waals surface area (Å²) in [6, 6.07) is 11.5. The number of hydrogen-bond donors (Lipinski definition) is 1. The fraction of sp³-hybridized carbons (Fsp3) is 0.263. The summed E-state index contributed by atoms with van der Waals surface area (Å²) in [5, 5.41) is 2.77. The smallest absolute Gasteiger partial charge is 0.319 e. The maximum atomic E-state index is 13.0. The molecule has 1 fully saturated rings. The van der Waals surface area contributed by atoms with Crippen LogP contribution < -0.4 is 5.32 Å². The van der Waals surface area contributed by atoms with Gasteiger partial charge in [-0.25, -0.2) is 4.79 Å². The Hall–Kier alpha value is -2.83. The molecule has 1 aliphatic carbocycles. The largest absolute Gasteiger partial charge is 0.416 e. The van der Waals surface area contributed by atoms with Crippen molar-refractivity contribution in [3.63, 3.8) is 0 Å². The van der Waals surface area contributed by atoms with Gasteiger partial charge < -0.3 is 5.32 Å². The summed E-state index contributed by atoms with van der Waals surface area (Å²) in [5.41, 5.74) is 0.122. The molecule has 1 spiro atoms. The van der Waals surface area contributed by atoms with Gasteiger partial charge >= 0.3 is 12.2 Å². The molecule has 0 aromatic heterocycles. The van der Waals surface area contributed by atoms with Gasteiger partial charge in [0, 0.05) is 0 Å². The zero-order valence-electron chi connectivity index (χ0n) is 13.6. The number of imide groups is 1. The molecular formula is C19H15F3N2O2. The predicted octanol–water partition coefficient (Wildman–Crippen LogP) is 3.60. The van der Waals surface area contributed by atoms with Gasteiger partial charge in [-0.15, -0.1) is 0 Å². The third-order valence-corrected chi connectivity index (χ3v) is 5.02. The van der Waals surface area contributed by atoms with E-state index in [2.05, 4.69) is 5.32 Å². The third-order valence-electron chi connectivity index (χ3n) is 5.02. The standard InChI is InChI=1S/C19H15F3N2O2/c20-19(21,22)14-6-3-4-12(10-14)11-24-16(25)18(23-17(24)26)9-8-13-5-1-2-7-15(13)18/h1-7,10H,8-9,11H2,(H,23,26)/t18-/m1/s1.